The minimum absolute atomic E-state index is 0.345. The second kappa shape index (κ2) is 4.69. The van der Waals surface area contributed by atoms with Crippen LogP contribution in [-0.4, -0.2) is 30.1 Å². The van der Waals surface area contributed by atoms with E-state index in [2.05, 4.69) is 25.4 Å². The summed E-state index contributed by atoms with van der Waals surface area (Å²) >= 11 is 0. The van der Waals surface area contributed by atoms with Crippen LogP contribution in [0.4, 0.5) is 5.82 Å². The van der Waals surface area contributed by atoms with E-state index in [9.17, 15) is 0 Å². The van der Waals surface area contributed by atoms with E-state index in [0.717, 1.165) is 0 Å². The van der Waals surface area contributed by atoms with E-state index < -0.39 is 5.54 Å². The fourth-order valence-electron chi connectivity index (χ4n) is 1.88. The van der Waals surface area contributed by atoms with Crippen LogP contribution in [0.1, 0.15) is 37.3 Å². The molecule has 3 heterocycles. The molecule has 9 nitrogen and oxygen atoms in total. The van der Waals surface area contributed by atoms with Crippen LogP contribution in [0, 0.1) is 6.92 Å². The van der Waals surface area contributed by atoms with Crippen molar-refractivity contribution in [1.82, 2.24) is 30.1 Å². The summed E-state index contributed by atoms with van der Waals surface area (Å²) in [5.41, 5.74) is 5.04. The first-order valence-electron chi connectivity index (χ1n) is 6.39. The van der Waals surface area contributed by atoms with Gasteiger partial charge in [-0.25, -0.2) is 0 Å². The highest BCUT2D eigenvalue weighted by Crippen LogP contribution is 2.24. The molecule has 0 saturated carbocycles. The SMILES string of the molecule is Cc1nc(Cc2noc(C(C)(C)n3ccc(N)n3)n2)no1. The summed E-state index contributed by atoms with van der Waals surface area (Å²) in [4.78, 5) is 8.48. The number of hydrogen-bond acceptors (Lipinski definition) is 8. The number of nitrogens with zero attached hydrogens (tertiary/aromatic N) is 6. The van der Waals surface area contributed by atoms with Crippen molar-refractivity contribution in [3.05, 3.63) is 35.7 Å². The lowest BCUT2D eigenvalue weighted by molar-refractivity contribution is 0.261. The van der Waals surface area contributed by atoms with Gasteiger partial charge in [-0.15, -0.1) is 0 Å². The van der Waals surface area contributed by atoms with E-state index in [4.69, 9.17) is 14.8 Å². The van der Waals surface area contributed by atoms with Crippen molar-refractivity contribution >= 4 is 5.82 Å². The average Bonchev–Trinajstić information content (AvgIpc) is 3.12. The van der Waals surface area contributed by atoms with E-state index in [1.54, 1.807) is 23.9 Å². The maximum atomic E-state index is 5.64. The first kappa shape index (κ1) is 13.3. The standard InChI is InChI=1S/C12H15N7O2/c1-7-14-9(17-20-7)6-10-15-11(21-18-10)12(2,3)19-5-4-8(13)16-19/h4-5H,6H2,1-3H3,(H2,13,16). The number of rotatable bonds is 4. The Balaban J connectivity index is 1.84. The molecule has 3 rings (SSSR count). The van der Waals surface area contributed by atoms with Crippen molar-refractivity contribution in [2.45, 2.75) is 32.7 Å². The van der Waals surface area contributed by atoms with Crippen molar-refractivity contribution in [2.75, 3.05) is 5.73 Å². The van der Waals surface area contributed by atoms with Gasteiger partial charge in [-0.1, -0.05) is 10.3 Å². The molecule has 110 valence electrons. The molecule has 21 heavy (non-hydrogen) atoms. The fourth-order valence-corrected chi connectivity index (χ4v) is 1.88. The summed E-state index contributed by atoms with van der Waals surface area (Å²) in [5.74, 6) is 2.37. The van der Waals surface area contributed by atoms with E-state index in [0.29, 0.717) is 35.7 Å². The minimum Gasteiger partial charge on any atom is -0.382 e. The summed E-state index contributed by atoms with van der Waals surface area (Å²) in [6.07, 6.45) is 2.11. The van der Waals surface area contributed by atoms with Crippen molar-refractivity contribution in [3.8, 4) is 0 Å². The van der Waals surface area contributed by atoms with Gasteiger partial charge in [-0.3, -0.25) is 4.68 Å². The van der Waals surface area contributed by atoms with Crippen LogP contribution < -0.4 is 5.73 Å². The lowest BCUT2D eigenvalue weighted by Crippen LogP contribution is -2.28. The lowest BCUT2D eigenvalue weighted by Gasteiger charge is -2.20. The van der Waals surface area contributed by atoms with Crippen LogP contribution >= 0.6 is 0 Å². The Morgan fingerprint density at radius 1 is 1.19 bits per heavy atom. The molecule has 0 spiro atoms. The van der Waals surface area contributed by atoms with Crippen molar-refractivity contribution in [3.63, 3.8) is 0 Å². The highest BCUT2D eigenvalue weighted by molar-refractivity contribution is 5.25. The smallest absolute Gasteiger partial charge is 0.254 e. The monoisotopic (exact) mass is 289 g/mol. The largest absolute Gasteiger partial charge is 0.382 e. The molecule has 0 aromatic carbocycles. The summed E-state index contributed by atoms with van der Waals surface area (Å²) in [6, 6.07) is 1.71. The molecule has 0 fully saturated rings. The summed E-state index contributed by atoms with van der Waals surface area (Å²) in [5, 5.41) is 11.9. The van der Waals surface area contributed by atoms with Gasteiger partial charge in [0, 0.05) is 13.1 Å². The van der Waals surface area contributed by atoms with Crippen LogP contribution in [0.25, 0.3) is 0 Å². The normalized spacial score (nSPS) is 12.0. The van der Waals surface area contributed by atoms with Crippen LogP contribution in [0.15, 0.2) is 21.3 Å². The number of nitrogen functional groups attached to an aromatic ring is 1. The van der Waals surface area contributed by atoms with Gasteiger partial charge in [-0.05, 0) is 19.9 Å². The molecule has 0 saturated heterocycles. The molecule has 0 unspecified atom stereocenters. The van der Waals surface area contributed by atoms with Gasteiger partial charge in [0.1, 0.15) is 11.4 Å². The number of nitrogens with two attached hydrogens (primary N) is 1. The maximum absolute atomic E-state index is 5.64. The quantitative estimate of drug-likeness (QED) is 0.752. The molecule has 0 amide bonds. The third kappa shape index (κ3) is 2.49. The third-order valence-corrected chi connectivity index (χ3v) is 3.06. The zero-order chi connectivity index (χ0) is 15.0. The van der Waals surface area contributed by atoms with Gasteiger partial charge >= 0.3 is 0 Å². The van der Waals surface area contributed by atoms with Crippen molar-refractivity contribution in [2.24, 2.45) is 0 Å². The summed E-state index contributed by atoms with van der Waals surface area (Å²) in [7, 11) is 0. The van der Waals surface area contributed by atoms with Gasteiger partial charge in [0.2, 0.25) is 5.89 Å². The molecule has 0 bridgehead atoms. The number of anilines is 1. The molecule has 0 aliphatic rings. The molecule has 0 aliphatic heterocycles. The molecule has 2 N–H and O–H groups in total. The van der Waals surface area contributed by atoms with E-state index >= 15 is 0 Å². The number of aryl methyl sites for hydroxylation is 1. The lowest BCUT2D eigenvalue weighted by atomic mass is 10.1. The zero-order valence-electron chi connectivity index (χ0n) is 11.9. The van der Waals surface area contributed by atoms with E-state index in [1.807, 2.05) is 13.8 Å². The molecular formula is C12H15N7O2. The highest BCUT2D eigenvalue weighted by Gasteiger charge is 2.30. The fraction of sp³-hybridized carbons (Fsp3) is 0.417. The minimum atomic E-state index is -0.601. The molecule has 0 atom stereocenters. The van der Waals surface area contributed by atoms with Gasteiger partial charge in [0.25, 0.3) is 5.89 Å². The van der Waals surface area contributed by atoms with Crippen LogP contribution in [0.5, 0.6) is 0 Å². The molecule has 0 aliphatic carbocycles. The highest BCUT2D eigenvalue weighted by atomic mass is 16.5. The average molecular weight is 289 g/mol. The zero-order valence-corrected chi connectivity index (χ0v) is 11.9. The molecule has 0 radical (unpaired) electrons. The molecule has 3 aromatic rings. The third-order valence-electron chi connectivity index (χ3n) is 3.06. The maximum Gasteiger partial charge on any atom is 0.254 e. The Morgan fingerprint density at radius 2 is 1.90 bits per heavy atom. The molecular weight excluding hydrogens is 274 g/mol. The van der Waals surface area contributed by atoms with Gasteiger partial charge in [-0.2, -0.15) is 15.1 Å². The molecule has 9 heteroatoms. The van der Waals surface area contributed by atoms with Gasteiger partial charge in [0.15, 0.2) is 11.6 Å². The Labute approximate surface area is 120 Å². The van der Waals surface area contributed by atoms with Crippen LogP contribution in [0.3, 0.4) is 0 Å². The Bertz CT molecular complexity index is 755. The summed E-state index contributed by atoms with van der Waals surface area (Å²) < 4.78 is 11.9. The topological polar surface area (TPSA) is 122 Å². The van der Waals surface area contributed by atoms with Gasteiger partial charge < -0.3 is 14.8 Å². The second-order valence-electron chi connectivity index (χ2n) is 5.17. The number of hydrogen-bond donors (Lipinski definition) is 1. The summed E-state index contributed by atoms with van der Waals surface area (Å²) in [6.45, 7) is 5.55. The van der Waals surface area contributed by atoms with Crippen molar-refractivity contribution in [1.29, 1.82) is 0 Å². The number of aromatic nitrogens is 6. The predicted molar refractivity (Wildman–Crippen MR) is 71.2 cm³/mol. The first-order valence-corrected chi connectivity index (χ1v) is 6.39. The Morgan fingerprint density at radius 3 is 2.52 bits per heavy atom. The first-order chi connectivity index (χ1) is 9.95. The predicted octanol–water partition coefficient (Wildman–Crippen LogP) is 0.914. The Kier molecular flexibility index (Phi) is 2.96. The van der Waals surface area contributed by atoms with Crippen LogP contribution in [-0.2, 0) is 12.0 Å². The van der Waals surface area contributed by atoms with Gasteiger partial charge in [0.05, 0.1) is 6.42 Å². The Hall–Kier alpha value is -2.71. The van der Waals surface area contributed by atoms with Crippen LogP contribution in [0.2, 0.25) is 0 Å². The second-order valence-corrected chi connectivity index (χ2v) is 5.17. The van der Waals surface area contributed by atoms with Crippen molar-refractivity contribution < 1.29 is 9.05 Å². The van der Waals surface area contributed by atoms with E-state index in [-0.39, 0.29) is 0 Å². The van der Waals surface area contributed by atoms with E-state index in [1.165, 1.54) is 0 Å². The molecule has 3 aromatic heterocycles.